The van der Waals surface area contributed by atoms with Crippen LogP contribution in [0.5, 0.6) is 5.75 Å². The zero-order valence-electron chi connectivity index (χ0n) is 20.0. The topological polar surface area (TPSA) is 9.23 Å². The fourth-order valence-corrected chi connectivity index (χ4v) is 5.53. The number of hydrogen-bond donors (Lipinski definition) is 0. The Morgan fingerprint density at radius 2 is 1.44 bits per heavy atom. The molecular formula is C30H35F3O. The predicted molar refractivity (Wildman–Crippen MR) is 133 cm³/mol. The summed E-state index contributed by atoms with van der Waals surface area (Å²) < 4.78 is 49.7. The minimum absolute atomic E-state index is 0.0395. The van der Waals surface area contributed by atoms with Crippen LogP contribution in [-0.2, 0) is 0 Å². The van der Waals surface area contributed by atoms with Crippen molar-refractivity contribution in [2.45, 2.75) is 70.1 Å². The van der Waals surface area contributed by atoms with E-state index >= 15 is 4.39 Å². The van der Waals surface area contributed by atoms with E-state index in [1.807, 2.05) is 24.3 Å². The fourth-order valence-electron chi connectivity index (χ4n) is 5.53. The van der Waals surface area contributed by atoms with Crippen LogP contribution in [0.1, 0.15) is 86.8 Å². The molecular weight excluding hydrogens is 433 g/mol. The Hall–Kier alpha value is -2.49. The van der Waals surface area contributed by atoms with Gasteiger partial charge in [-0.2, -0.15) is 0 Å². The second-order valence-corrected chi connectivity index (χ2v) is 10.1. The first-order valence-electron chi connectivity index (χ1n) is 12.7. The molecule has 2 fully saturated rings. The van der Waals surface area contributed by atoms with Gasteiger partial charge in [-0.25, -0.2) is 13.2 Å². The van der Waals surface area contributed by atoms with Gasteiger partial charge >= 0.3 is 0 Å². The fraction of sp³-hybridized carbons (Fsp3) is 0.467. The van der Waals surface area contributed by atoms with Gasteiger partial charge < -0.3 is 4.74 Å². The van der Waals surface area contributed by atoms with Gasteiger partial charge in [-0.1, -0.05) is 56.7 Å². The minimum Gasteiger partial charge on any atom is -0.489 e. The van der Waals surface area contributed by atoms with Crippen molar-refractivity contribution in [1.82, 2.24) is 0 Å². The molecule has 2 aromatic rings. The maximum absolute atomic E-state index is 15.1. The highest BCUT2D eigenvalue weighted by Gasteiger charge is 2.28. The van der Waals surface area contributed by atoms with Gasteiger partial charge in [0, 0.05) is 11.6 Å². The molecule has 0 spiro atoms. The molecule has 2 aliphatic carbocycles. The number of rotatable bonds is 7. The summed E-state index contributed by atoms with van der Waals surface area (Å²) in [5, 5.41) is 0. The Kier molecular flexibility index (Phi) is 8.18. The Balaban J connectivity index is 1.35. The summed E-state index contributed by atoms with van der Waals surface area (Å²) in [5.41, 5.74) is 1.61. The molecule has 0 unspecified atom stereocenters. The molecule has 0 aromatic heterocycles. The largest absolute Gasteiger partial charge is 0.489 e. The molecule has 0 saturated heterocycles. The SMILES string of the molecule is C=CCOc1ccc(/C=C/C2CCC(c3ccc(C4CCC(C)CC4)c(F)c3F)CC2)c(F)c1. The zero-order chi connectivity index (χ0) is 24.1. The van der Waals surface area contributed by atoms with Crippen LogP contribution in [0, 0.1) is 29.3 Å². The van der Waals surface area contributed by atoms with Gasteiger partial charge in [0.15, 0.2) is 11.6 Å². The number of allylic oxidation sites excluding steroid dienone is 1. The molecule has 2 aromatic carbocycles. The standard InChI is InChI=1S/C30H35F3O/c1-3-18-34-25-15-14-24(28(31)19-25)13-8-21-6-11-23(12-7-21)27-17-16-26(29(32)30(27)33)22-9-4-20(2)5-10-22/h3,8,13-17,19-23H,1,4-7,9-12,18H2,2H3/b13-8+. The molecule has 0 aliphatic heterocycles. The summed E-state index contributed by atoms with van der Waals surface area (Å²) in [5.74, 6) is 0.0563. The smallest absolute Gasteiger partial charge is 0.162 e. The van der Waals surface area contributed by atoms with Gasteiger partial charge in [0.05, 0.1) is 0 Å². The van der Waals surface area contributed by atoms with E-state index in [1.165, 1.54) is 6.07 Å². The first-order valence-corrected chi connectivity index (χ1v) is 12.7. The van der Waals surface area contributed by atoms with Crippen LogP contribution >= 0.6 is 0 Å². The summed E-state index contributed by atoms with van der Waals surface area (Å²) in [6.07, 6.45) is 12.9. The molecule has 2 aliphatic rings. The Bertz CT molecular complexity index is 1010. The van der Waals surface area contributed by atoms with Crippen molar-refractivity contribution in [1.29, 1.82) is 0 Å². The lowest BCUT2D eigenvalue weighted by atomic mass is 9.76. The summed E-state index contributed by atoms with van der Waals surface area (Å²) in [7, 11) is 0. The summed E-state index contributed by atoms with van der Waals surface area (Å²) in [4.78, 5) is 0. The van der Waals surface area contributed by atoms with Gasteiger partial charge in [-0.05, 0) is 85.5 Å². The van der Waals surface area contributed by atoms with Crippen molar-refractivity contribution in [3.8, 4) is 5.75 Å². The van der Waals surface area contributed by atoms with Crippen LogP contribution in [-0.4, -0.2) is 6.61 Å². The first kappa shape index (κ1) is 24.6. The maximum Gasteiger partial charge on any atom is 0.162 e. The maximum atomic E-state index is 15.1. The molecule has 1 nitrogen and oxygen atoms in total. The lowest BCUT2D eigenvalue weighted by Crippen LogP contribution is -2.16. The van der Waals surface area contributed by atoms with E-state index < -0.39 is 11.6 Å². The van der Waals surface area contributed by atoms with E-state index in [4.69, 9.17) is 4.74 Å². The van der Waals surface area contributed by atoms with Crippen LogP contribution in [0.2, 0.25) is 0 Å². The second kappa shape index (κ2) is 11.3. The van der Waals surface area contributed by atoms with E-state index in [-0.39, 0.29) is 17.7 Å². The number of ether oxygens (including phenoxy) is 1. The van der Waals surface area contributed by atoms with E-state index in [0.29, 0.717) is 40.9 Å². The molecule has 34 heavy (non-hydrogen) atoms. The third kappa shape index (κ3) is 5.76. The van der Waals surface area contributed by atoms with Gasteiger partial charge in [-0.15, -0.1) is 0 Å². The third-order valence-corrected chi connectivity index (χ3v) is 7.70. The summed E-state index contributed by atoms with van der Waals surface area (Å²) in [6.45, 7) is 6.16. The lowest BCUT2D eigenvalue weighted by molar-refractivity contribution is 0.336. The highest BCUT2D eigenvalue weighted by Crippen LogP contribution is 2.41. The van der Waals surface area contributed by atoms with Crippen LogP contribution in [0.4, 0.5) is 13.2 Å². The Morgan fingerprint density at radius 3 is 2.00 bits per heavy atom. The average Bonchev–Trinajstić information content (AvgIpc) is 2.85. The predicted octanol–water partition coefficient (Wildman–Crippen LogP) is 8.95. The molecule has 0 amide bonds. The van der Waals surface area contributed by atoms with Crippen molar-refractivity contribution in [3.63, 3.8) is 0 Å². The van der Waals surface area contributed by atoms with E-state index in [9.17, 15) is 8.78 Å². The molecule has 4 heteroatoms. The van der Waals surface area contributed by atoms with Gasteiger partial charge in [0.2, 0.25) is 0 Å². The average molecular weight is 469 g/mol. The van der Waals surface area contributed by atoms with E-state index in [2.05, 4.69) is 13.5 Å². The second-order valence-electron chi connectivity index (χ2n) is 10.1. The Labute approximate surface area is 201 Å². The minimum atomic E-state index is -0.643. The molecule has 0 radical (unpaired) electrons. The lowest BCUT2D eigenvalue weighted by Gasteiger charge is -2.29. The summed E-state index contributed by atoms with van der Waals surface area (Å²) >= 11 is 0. The quantitative estimate of drug-likeness (QED) is 0.369. The van der Waals surface area contributed by atoms with Crippen LogP contribution in [0.15, 0.2) is 49.1 Å². The molecule has 0 atom stereocenters. The van der Waals surface area contributed by atoms with Crippen LogP contribution < -0.4 is 4.74 Å². The highest BCUT2D eigenvalue weighted by atomic mass is 19.2. The number of halogens is 3. The molecule has 0 bridgehead atoms. The van der Waals surface area contributed by atoms with Crippen molar-refractivity contribution >= 4 is 6.08 Å². The zero-order valence-corrected chi connectivity index (χ0v) is 20.0. The Morgan fingerprint density at radius 1 is 0.853 bits per heavy atom. The number of hydrogen-bond acceptors (Lipinski definition) is 1. The number of benzene rings is 2. The van der Waals surface area contributed by atoms with Gasteiger partial charge in [0.25, 0.3) is 0 Å². The van der Waals surface area contributed by atoms with Crippen molar-refractivity contribution in [2.75, 3.05) is 6.61 Å². The molecule has 0 N–H and O–H groups in total. The van der Waals surface area contributed by atoms with Gasteiger partial charge in [0.1, 0.15) is 18.2 Å². The van der Waals surface area contributed by atoms with E-state index in [1.54, 1.807) is 18.2 Å². The van der Waals surface area contributed by atoms with Crippen molar-refractivity contribution < 1.29 is 17.9 Å². The monoisotopic (exact) mass is 468 g/mol. The molecule has 2 saturated carbocycles. The van der Waals surface area contributed by atoms with Gasteiger partial charge in [-0.3, -0.25) is 0 Å². The molecule has 4 rings (SSSR count). The van der Waals surface area contributed by atoms with Crippen LogP contribution in [0.25, 0.3) is 6.08 Å². The first-order chi connectivity index (χ1) is 16.5. The molecule has 0 heterocycles. The third-order valence-electron chi connectivity index (χ3n) is 7.70. The normalized spacial score (nSPS) is 25.4. The summed E-state index contributed by atoms with van der Waals surface area (Å²) in [6, 6.07) is 8.51. The highest BCUT2D eigenvalue weighted by molar-refractivity contribution is 5.52. The van der Waals surface area contributed by atoms with E-state index in [0.717, 1.165) is 51.4 Å². The molecule has 182 valence electrons. The van der Waals surface area contributed by atoms with Crippen LogP contribution in [0.3, 0.4) is 0 Å². The van der Waals surface area contributed by atoms with Crippen molar-refractivity contribution in [3.05, 3.63) is 83.2 Å². The van der Waals surface area contributed by atoms with Crippen molar-refractivity contribution in [2.24, 2.45) is 11.8 Å².